The van der Waals surface area contributed by atoms with Crippen LogP contribution < -0.4 is 0 Å². The molecule has 1 N–H and O–H groups in total. The summed E-state index contributed by atoms with van der Waals surface area (Å²) in [6, 6.07) is 5.29. The van der Waals surface area contributed by atoms with Crippen molar-refractivity contribution in [1.82, 2.24) is 9.21 Å². The standard InChI is InChI=1S/C16H20N2O6S/c19-15(14-5-2-10-24-14)17-6-8-18(9-7-17)25(22,23)13-4-1-3-12(11-13)16(20)21/h1,3-4,11,14H,2,5-10H2,(H,20,21). The third-order valence-corrected chi connectivity index (χ3v) is 6.37. The molecule has 1 unspecified atom stereocenters. The minimum atomic E-state index is -3.79. The number of aromatic carboxylic acids is 1. The van der Waals surface area contributed by atoms with E-state index in [2.05, 4.69) is 0 Å². The molecule has 136 valence electrons. The summed E-state index contributed by atoms with van der Waals surface area (Å²) in [5.41, 5.74) is -0.0757. The molecule has 0 bridgehead atoms. The zero-order valence-electron chi connectivity index (χ0n) is 13.6. The highest BCUT2D eigenvalue weighted by Crippen LogP contribution is 2.21. The monoisotopic (exact) mass is 368 g/mol. The Kier molecular flexibility index (Phi) is 5.07. The topological polar surface area (TPSA) is 104 Å². The lowest BCUT2D eigenvalue weighted by Gasteiger charge is -2.35. The van der Waals surface area contributed by atoms with Crippen LogP contribution in [0, 0.1) is 0 Å². The van der Waals surface area contributed by atoms with Gasteiger partial charge in [-0.1, -0.05) is 6.07 Å². The van der Waals surface area contributed by atoms with Crippen LogP contribution >= 0.6 is 0 Å². The van der Waals surface area contributed by atoms with Gasteiger partial charge in [-0.25, -0.2) is 13.2 Å². The quantitative estimate of drug-likeness (QED) is 0.825. The van der Waals surface area contributed by atoms with Gasteiger partial charge in [0, 0.05) is 32.8 Å². The summed E-state index contributed by atoms with van der Waals surface area (Å²) in [6.07, 6.45) is 1.17. The van der Waals surface area contributed by atoms with Gasteiger partial charge >= 0.3 is 5.97 Å². The molecule has 0 radical (unpaired) electrons. The van der Waals surface area contributed by atoms with Crippen LogP contribution in [0.4, 0.5) is 0 Å². The van der Waals surface area contributed by atoms with Crippen LogP contribution in [0.3, 0.4) is 0 Å². The predicted octanol–water partition coefficient (Wildman–Crippen LogP) is 0.397. The number of nitrogens with zero attached hydrogens (tertiary/aromatic N) is 2. The molecule has 1 aromatic rings. The number of ether oxygens (including phenoxy) is 1. The molecule has 0 aliphatic carbocycles. The number of hydrogen-bond donors (Lipinski definition) is 1. The van der Waals surface area contributed by atoms with Crippen LogP contribution in [0.1, 0.15) is 23.2 Å². The SMILES string of the molecule is O=C(O)c1cccc(S(=O)(=O)N2CCN(C(=O)C3CCCO3)CC2)c1. The zero-order chi connectivity index (χ0) is 18.0. The van der Waals surface area contributed by atoms with Crippen molar-refractivity contribution < 1.29 is 27.9 Å². The Balaban J connectivity index is 1.68. The van der Waals surface area contributed by atoms with E-state index in [1.807, 2.05) is 0 Å². The number of sulfonamides is 1. The molecule has 25 heavy (non-hydrogen) atoms. The minimum absolute atomic E-state index is 0.0497. The molecule has 0 aromatic heterocycles. The van der Waals surface area contributed by atoms with Crippen LogP contribution in [0.2, 0.25) is 0 Å². The summed E-state index contributed by atoms with van der Waals surface area (Å²) in [6.45, 7) is 1.55. The minimum Gasteiger partial charge on any atom is -0.478 e. The lowest BCUT2D eigenvalue weighted by atomic mass is 10.2. The van der Waals surface area contributed by atoms with Crippen LogP contribution in [-0.2, 0) is 19.6 Å². The van der Waals surface area contributed by atoms with Gasteiger partial charge in [-0.2, -0.15) is 4.31 Å². The first-order valence-corrected chi connectivity index (χ1v) is 9.57. The second-order valence-corrected chi connectivity index (χ2v) is 8.00. The molecule has 0 spiro atoms. The number of piperazine rings is 1. The fraction of sp³-hybridized carbons (Fsp3) is 0.500. The molecule has 1 atom stereocenters. The van der Waals surface area contributed by atoms with E-state index in [-0.39, 0.29) is 29.5 Å². The fourth-order valence-corrected chi connectivity index (χ4v) is 4.53. The van der Waals surface area contributed by atoms with Gasteiger partial charge in [-0.15, -0.1) is 0 Å². The summed E-state index contributed by atoms with van der Waals surface area (Å²) in [5, 5.41) is 9.02. The van der Waals surface area contributed by atoms with Crippen molar-refractivity contribution in [1.29, 1.82) is 0 Å². The number of rotatable bonds is 4. The Labute approximate surface area is 146 Å². The van der Waals surface area contributed by atoms with Crippen molar-refractivity contribution >= 4 is 21.9 Å². The van der Waals surface area contributed by atoms with Crippen molar-refractivity contribution in [3.63, 3.8) is 0 Å². The molecule has 2 fully saturated rings. The summed E-state index contributed by atoms with van der Waals surface area (Å²) >= 11 is 0. The Hall–Kier alpha value is -1.97. The summed E-state index contributed by atoms with van der Waals surface area (Å²) in [5.74, 6) is -1.26. The van der Waals surface area contributed by atoms with Crippen LogP contribution in [0.25, 0.3) is 0 Å². The van der Waals surface area contributed by atoms with E-state index in [1.54, 1.807) is 4.90 Å². The first kappa shape index (κ1) is 17.8. The largest absolute Gasteiger partial charge is 0.478 e. The third kappa shape index (κ3) is 3.68. The lowest BCUT2D eigenvalue weighted by molar-refractivity contribution is -0.142. The van der Waals surface area contributed by atoms with Gasteiger partial charge in [0.1, 0.15) is 6.10 Å². The Bertz CT molecular complexity index is 765. The summed E-state index contributed by atoms with van der Waals surface area (Å²) < 4.78 is 32.1. The van der Waals surface area contributed by atoms with Gasteiger partial charge in [0.2, 0.25) is 10.0 Å². The zero-order valence-corrected chi connectivity index (χ0v) is 14.4. The van der Waals surface area contributed by atoms with E-state index in [0.717, 1.165) is 12.5 Å². The molecular weight excluding hydrogens is 348 g/mol. The van der Waals surface area contributed by atoms with Crippen molar-refractivity contribution in [3.05, 3.63) is 29.8 Å². The van der Waals surface area contributed by atoms with Crippen LogP contribution in [0.15, 0.2) is 29.2 Å². The highest BCUT2D eigenvalue weighted by Gasteiger charge is 2.34. The van der Waals surface area contributed by atoms with Crippen molar-refractivity contribution in [2.24, 2.45) is 0 Å². The highest BCUT2D eigenvalue weighted by molar-refractivity contribution is 7.89. The third-order valence-electron chi connectivity index (χ3n) is 4.47. The number of carboxylic acid groups (broad SMARTS) is 1. The fourth-order valence-electron chi connectivity index (χ4n) is 3.06. The lowest BCUT2D eigenvalue weighted by Crippen LogP contribution is -2.52. The summed E-state index contributed by atoms with van der Waals surface area (Å²) in [4.78, 5) is 24.9. The molecule has 8 nitrogen and oxygen atoms in total. The maximum absolute atomic E-state index is 12.7. The van der Waals surface area contributed by atoms with Gasteiger partial charge in [-0.05, 0) is 31.0 Å². The number of amides is 1. The van der Waals surface area contributed by atoms with E-state index in [4.69, 9.17) is 9.84 Å². The number of carbonyl (C=O) groups is 2. The van der Waals surface area contributed by atoms with Crippen molar-refractivity contribution in [2.45, 2.75) is 23.8 Å². The van der Waals surface area contributed by atoms with Gasteiger partial charge in [0.15, 0.2) is 0 Å². The molecule has 1 aromatic carbocycles. The number of hydrogen-bond acceptors (Lipinski definition) is 5. The van der Waals surface area contributed by atoms with Crippen LogP contribution in [0.5, 0.6) is 0 Å². The summed E-state index contributed by atoms with van der Waals surface area (Å²) in [7, 11) is -3.79. The molecule has 1 amide bonds. The smallest absolute Gasteiger partial charge is 0.335 e. The molecular formula is C16H20N2O6S. The molecule has 2 heterocycles. The molecule has 9 heteroatoms. The molecule has 2 aliphatic heterocycles. The average molecular weight is 368 g/mol. The van der Waals surface area contributed by atoms with Crippen molar-refractivity contribution in [3.8, 4) is 0 Å². The Morgan fingerprint density at radius 3 is 2.48 bits per heavy atom. The number of benzene rings is 1. The Morgan fingerprint density at radius 2 is 1.88 bits per heavy atom. The van der Waals surface area contributed by atoms with E-state index in [0.29, 0.717) is 26.1 Å². The van der Waals surface area contributed by atoms with Crippen LogP contribution in [-0.4, -0.2) is 73.5 Å². The number of carbonyl (C=O) groups excluding carboxylic acids is 1. The van der Waals surface area contributed by atoms with E-state index < -0.39 is 22.1 Å². The molecule has 0 saturated carbocycles. The number of carboxylic acids is 1. The molecule has 2 saturated heterocycles. The first-order valence-electron chi connectivity index (χ1n) is 8.13. The van der Waals surface area contributed by atoms with Gasteiger partial charge < -0.3 is 14.7 Å². The normalized spacial score (nSPS) is 22.1. The van der Waals surface area contributed by atoms with E-state index in [9.17, 15) is 18.0 Å². The van der Waals surface area contributed by atoms with Gasteiger partial charge in [0.25, 0.3) is 5.91 Å². The maximum Gasteiger partial charge on any atom is 0.335 e. The van der Waals surface area contributed by atoms with Gasteiger partial charge in [0.05, 0.1) is 10.5 Å². The highest BCUT2D eigenvalue weighted by atomic mass is 32.2. The maximum atomic E-state index is 12.7. The van der Waals surface area contributed by atoms with Crippen molar-refractivity contribution in [2.75, 3.05) is 32.8 Å². The predicted molar refractivity (Wildman–Crippen MR) is 87.7 cm³/mol. The average Bonchev–Trinajstić information content (AvgIpc) is 3.16. The van der Waals surface area contributed by atoms with E-state index in [1.165, 1.54) is 22.5 Å². The second kappa shape index (κ2) is 7.11. The Morgan fingerprint density at radius 1 is 1.16 bits per heavy atom. The molecule has 2 aliphatic rings. The molecule has 3 rings (SSSR count). The second-order valence-electron chi connectivity index (χ2n) is 6.06. The van der Waals surface area contributed by atoms with E-state index >= 15 is 0 Å². The first-order chi connectivity index (χ1) is 11.9. The van der Waals surface area contributed by atoms with Gasteiger partial charge in [-0.3, -0.25) is 4.79 Å².